The van der Waals surface area contributed by atoms with Crippen molar-refractivity contribution in [2.75, 3.05) is 17.9 Å². The molecule has 3 aromatic rings. The van der Waals surface area contributed by atoms with Crippen LogP contribution in [-0.2, 0) is 26.2 Å². The summed E-state index contributed by atoms with van der Waals surface area (Å²) in [6.45, 7) is 2.16. The molecule has 0 unspecified atom stereocenters. The zero-order valence-corrected chi connectivity index (χ0v) is 21.4. The van der Waals surface area contributed by atoms with Gasteiger partial charge in [-0.3, -0.25) is 13.9 Å². The minimum absolute atomic E-state index is 0.121. The Balaban J connectivity index is 1.49. The van der Waals surface area contributed by atoms with Gasteiger partial charge in [-0.05, 0) is 48.6 Å². The number of carbonyl (C=O) groups excluding carboxylic acids is 2. The fourth-order valence-corrected chi connectivity index (χ4v) is 6.31. The molecule has 0 saturated carbocycles. The number of nitrogens with one attached hydrogen (secondary N) is 1. The third-order valence-electron chi connectivity index (χ3n) is 6.11. The van der Waals surface area contributed by atoms with E-state index >= 15 is 0 Å². The number of carbonyl (C=O) groups is 2. The smallest absolute Gasteiger partial charge is 0.265 e. The zero-order chi connectivity index (χ0) is 24.5. The van der Waals surface area contributed by atoms with Crippen LogP contribution >= 0.6 is 15.9 Å². The summed E-state index contributed by atoms with van der Waals surface area (Å²) in [5, 5.41) is 4.20. The van der Waals surface area contributed by atoms with Crippen LogP contribution in [0, 0.1) is 0 Å². The monoisotopic (exact) mass is 543 g/mol. The minimum Gasteiger partial charge on any atom is -0.357 e. The average molecular weight is 544 g/mol. The lowest BCUT2D eigenvalue weighted by Gasteiger charge is -2.29. The number of hydrogen-bond acceptors (Lipinski definition) is 4. The number of sulfonamides is 1. The number of nitrogens with zero attached hydrogens (tertiary/aromatic N) is 2. The Hall–Kier alpha value is -2.91. The van der Waals surface area contributed by atoms with Gasteiger partial charge in [0.15, 0.2) is 0 Å². The number of anilines is 1. The van der Waals surface area contributed by atoms with E-state index in [1.54, 1.807) is 25.1 Å². The first-order valence-corrected chi connectivity index (χ1v) is 13.3. The average Bonchev–Trinajstić information content (AvgIpc) is 3.05. The van der Waals surface area contributed by atoms with E-state index in [0.29, 0.717) is 17.0 Å². The van der Waals surface area contributed by atoms with E-state index in [9.17, 15) is 18.0 Å². The number of benzene rings is 3. The van der Waals surface area contributed by atoms with Crippen LogP contribution < -0.4 is 9.62 Å². The maximum atomic E-state index is 13.2. The lowest BCUT2D eigenvalue weighted by Crippen LogP contribution is -2.46. The van der Waals surface area contributed by atoms with Gasteiger partial charge in [0.2, 0.25) is 11.8 Å². The summed E-state index contributed by atoms with van der Waals surface area (Å²) in [7, 11) is -2.12. The molecule has 0 saturated heterocycles. The molecule has 178 valence electrons. The van der Waals surface area contributed by atoms with Gasteiger partial charge >= 0.3 is 0 Å². The Bertz CT molecular complexity index is 1340. The van der Waals surface area contributed by atoms with E-state index in [2.05, 4.69) is 21.2 Å². The second kappa shape index (κ2) is 9.76. The van der Waals surface area contributed by atoms with Crippen LogP contribution in [0.5, 0.6) is 0 Å². The van der Waals surface area contributed by atoms with Crippen LogP contribution in [0.3, 0.4) is 0 Å². The molecule has 0 fully saturated rings. The van der Waals surface area contributed by atoms with Gasteiger partial charge < -0.3 is 10.2 Å². The van der Waals surface area contributed by atoms with Crippen molar-refractivity contribution >= 4 is 54.2 Å². The predicted octanol–water partition coefficient (Wildman–Crippen LogP) is 4.05. The zero-order valence-electron chi connectivity index (χ0n) is 19.0. The molecule has 4 rings (SSSR count). The molecule has 1 atom stereocenters. The van der Waals surface area contributed by atoms with Crippen molar-refractivity contribution in [1.29, 1.82) is 0 Å². The van der Waals surface area contributed by atoms with Crippen molar-refractivity contribution in [3.05, 3.63) is 70.7 Å². The van der Waals surface area contributed by atoms with Crippen LogP contribution in [0.2, 0.25) is 0 Å². The van der Waals surface area contributed by atoms with Gasteiger partial charge in [0.1, 0.15) is 6.04 Å². The molecule has 1 aliphatic heterocycles. The number of hydrogen-bond donors (Lipinski definition) is 1. The SMILES string of the molecule is CNC(=O)[C@H](C)N(Cc1ccc(Br)cc1)C(=O)CCCN1c2cccc3cccc(c23)S1(=O)=O. The molecule has 1 N–H and O–H groups in total. The Kier molecular flexibility index (Phi) is 6.95. The quantitative estimate of drug-likeness (QED) is 0.464. The Morgan fingerprint density at radius 1 is 1.06 bits per heavy atom. The summed E-state index contributed by atoms with van der Waals surface area (Å²) in [5.74, 6) is -0.457. The lowest BCUT2D eigenvalue weighted by atomic mass is 10.1. The van der Waals surface area contributed by atoms with Crippen molar-refractivity contribution in [2.45, 2.75) is 37.2 Å². The van der Waals surface area contributed by atoms with Gasteiger partial charge in [-0.2, -0.15) is 0 Å². The van der Waals surface area contributed by atoms with Crippen LogP contribution in [0.1, 0.15) is 25.3 Å². The van der Waals surface area contributed by atoms with Gasteiger partial charge in [-0.15, -0.1) is 0 Å². The van der Waals surface area contributed by atoms with Gasteiger partial charge in [-0.25, -0.2) is 8.42 Å². The van der Waals surface area contributed by atoms with E-state index in [4.69, 9.17) is 0 Å². The Morgan fingerprint density at radius 3 is 2.41 bits per heavy atom. The number of likely N-dealkylation sites (N-methyl/N-ethyl adjacent to an activating group) is 1. The maximum Gasteiger partial charge on any atom is 0.265 e. The van der Waals surface area contributed by atoms with Crippen molar-refractivity contribution in [3.63, 3.8) is 0 Å². The topological polar surface area (TPSA) is 86.8 Å². The number of halogens is 1. The van der Waals surface area contributed by atoms with Crippen LogP contribution in [0.15, 0.2) is 70.0 Å². The van der Waals surface area contributed by atoms with Crippen LogP contribution in [0.4, 0.5) is 5.69 Å². The lowest BCUT2D eigenvalue weighted by molar-refractivity contribution is -0.140. The molecule has 1 aliphatic rings. The molecule has 0 aliphatic carbocycles. The predicted molar refractivity (Wildman–Crippen MR) is 136 cm³/mol. The van der Waals surface area contributed by atoms with Crippen molar-refractivity contribution < 1.29 is 18.0 Å². The summed E-state index contributed by atoms with van der Waals surface area (Å²) < 4.78 is 28.6. The van der Waals surface area contributed by atoms with E-state index in [-0.39, 0.29) is 31.3 Å². The number of amides is 2. The highest BCUT2D eigenvalue weighted by Gasteiger charge is 2.35. The molecule has 2 amide bonds. The Morgan fingerprint density at radius 2 is 1.74 bits per heavy atom. The highest BCUT2D eigenvalue weighted by molar-refractivity contribution is 9.10. The third kappa shape index (κ3) is 4.54. The molecule has 9 heteroatoms. The van der Waals surface area contributed by atoms with E-state index in [1.807, 2.05) is 42.5 Å². The van der Waals surface area contributed by atoms with E-state index in [0.717, 1.165) is 20.8 Å². The normalized spacial score (nSPS) is 14.7. The minimum atomic E-state index is -3.66. The highest BCUT2D eigenvalue weighted by Crippen LogP contribution is 2.42. The first-order chi connectivity index (χ1) is 16.2. The molecule has 34 heavy (non-hydrogen) atoms. The molecule has 7 nitrogen and oxygen atoms in total. The van der Waals surface area contributed by atoms with Gasteiger partial charge in [0.05, 0.1) is 10.6 Å². The molecule has 1 heterocycles. The summed E-state index contributed by atoms with van der Waals surface area (Å²) in [6.07, 6.45) is 0.454. The molecule has 0 spiro atoms. The van der Waals surface area contributed by atoms with Gasteiger partial charge in [0.25, 0.3) is 10.0 Å². The molecular weight excluding hydrogens is 518 g/mol. The standard InChI is InChI=1S/C25H26BrN3O4S/c1-17(25(31)27-2)28(16-18-11-13-20(26)14-12-18)23(30)10-5-15-29-21-8-3-6-19-7-4-9-22(24(19)21)34(29,32)33/h3-4,6-9,11-14,17H,5,10,15-16H2,1-2H3,(H,27,31)/t17-/m0/s1. The first-order valence-electron chi connectivity index (χ1n) is 11.0. The summed E-state index contributed by atoms with van der Waals surface area (Å²) >= 11 is 3.40. The first kappa shape index (κ1) is 24.2. The summed E-state index contributed by atoms with van der Waals surface area (Å²) in [6, 6.07) is 17.7. The van der Waals surface area contributed by atoms with Gasteiger partial charge in [-0.1, -0.05) is 52.3 Å². The van der Waals surface area contributed by atoms with Crippen molar-refractivity contribution in [1.82, 2.24) is 10.2 Å². The van der Waals surface area contributed by atoms with Crippen molar-refractivity contribution in [3.8, 4) is 0 Å². The summed E-state index contributed by atoms with van der Waals surface area (Å²) in [5.41, 5.74) is 1.54. The van der Waals surface area contributed by atoms with E-state index < -0.39 is 16.1 Å². The second-order valence-corrected chi connectivity index (χ2v) is 11.0. The van der Waals surface area contributed by atoms with Crippen LogP contribution in [-0.4, -0.2) is 44.8 Å². The van der Waals surface area contributed by atoms with Gasteiger partial charge in [0, 0.05) is 36.4 Å². The second-order valence-electron chi connectivity index (χ2n) is 8.25. The fourth-order valence-electron chi connectivity index (χ4n) is 4.29. The highest BCUT2D eigenvalue weighted by atomic mass is 79.9. The molecule has 3 aromatic carbocycles. The number of rotatable bonds is 8. The third-order valence-corrected chi connectivity index (χ3v) is 8.50. The Labute approximate surface area is 207 Å². The molecule has 0 radical (unpaired) electrons. The maximum absolute atomic E-state index is 13.2. The summed E-state index contributed by atoms with van der Waals surface area (Å²) in [4.78, 5) is 27.3. The van der Waals surface area contributed by atoms with Crippen molar-refractivity contribution in [2.24, 2.45) is 0 Å². The van der Waals surface area contributed by atoms with Crippen LogP contribution in [0.25, 0.3) is 10.8 Å². The van der Waals surface area contributed by atoms with E-state index in [1.165, 1.54) is 16.3 Å². The molecule has 0 bridgehead atoms. The molecular formula is C25H26BrN3O4S. The fraction of sp³-hybridized carbons (Fsp3) is 0.280. The largest absolute Gasteiger partial charge is 0.357 e. The molecule has 0 aromatic heterocycles.